The van der Waals surface area contributed by atoms with Gasteiger partial charge < -0.3 is 9.64 Å². The predicted molar refractivity (Wildman–Crippen MR) is 169 cm³/mol. The molecule has 4 aromatic carbocycles. The molecule has 7 nitrogen and oxygen atoms in total. The molecule has 1 N–H and O–H groups in total. The third-order valence-corrected chi connectivity index (χ3v) is 9.33. The van der Waals surface area contributed by atoms with Gasteiger partial charge in [0.2, 0.25) is 15.9 Å². The number of benzene rings is 4. The van der Waals surface area contributed by atoms with Crippen LogP contribution >= 0.6 is 0 Å². The van der Waals surface area contributed by atoms with Crippen LogP contribution in [0, 0.1) is 6.92 Å². The van der Waals surface area contributed by atoms with Gasteiger partial charge in [-0.2, -0.15) is 4.72 Å². The van der Waals surface area contributed by atoms with Gasteiger partial charge in [0.05, 0.1) is 17.5 Å². The summed E-state index contributed by atoms with van der Waals surface area (Å²) in [5.74, 6) is 0.422. The molecule has 1 aliphatic heterocycles. The van der Waals surface area contributed by atoms with Gasteiger partial charge >= 0.3 is 0 Å². The summed E-state index contributed by atoms with van der Waals surface area (Å²) in [6, 6.07) is 34.2. The smallest absolute Gasteiger partial charge is 0.241 e. The minimum atomic E-state index is -3.98. The van der Waals surface area contributed by atoms with E-state index in [1.807, 2.05) is 56.3 Å². The van der Waals surface area contributed by atoms with E-state index in [0.717, 1.165) is 11.1 Å². The van der Waals surface area contributed by atoms with Gasteiger partial charge in [-0.15, -0.1) is 0 Å². The largest absolute Gasteiger partial charge is 0.494 e. The second kappa shape index (κ2) is 14.0. The average molecular weight is 598 g/mol. The highest BCUT2D eigenvalue weighted by molar-refractivity contribution is 7.89. The Labute approximate surface area is 255 Å². The Balaban J connectivity index is 1.34. The standard InChI is InChI=1S/C35H39N3O4S/c1-3-42-33-20-19-31(25-27(33)2)43(40,41)36-32(26-28-13-7-4-8-14-28)35(39)38-23-21-37(22-24-38)34(29-15-9-5-10-16-29)30-17-11-6-12-18-30/h4-20,25,32,34,36H,3,21-24,26H2,1-2H3. The molecule has 1 atom stereocenters. The fourth-order valence-electron chi connectivity index (χ4n) is 5.70. The number of hydrogen-bond acceptors (Lipinski definition) is 5. The highest BCUT2D eigenvalue weighted by Gasteiger charge is 2.33. The van der Waals surface area contributed by atoms with Crippen molar-refractivity contribution in [1.82, 2.24) is 14.5 Å². The van der Waals surface area contributed by atoms with Crippen molar-refractivity contribution in [2.45, 2.75) is 37.2 Å². The van der Waals surface area contributed by atoms with Gasteiger partial charge in [0.1, 0.15) is 11.8 Å². The molecule has 224 valence electrons. The van der Waals surface area contributed by atoms with E-state index in [9.17, 15) is 13.2 Å². The van der Waals surface area contributed by atoms with Gasteiger partial charge in [0, 0.05) is 26.2 Å². The first-order chi connectivity index (χ1) is 20.9. The third-order valence-electron chi connectivity index (χ3n) is 7.86. The molecule has 0 radical (unpaired) electrons. The van der Waals surface area contributed by atoms with Crippen molar-refractivity contribution in [3.63, 3.8) is 0 Å². The van der Waals surface area contributed by atoms with Crippen LogP contribution in [0.4, 0.5) is 0 Å². The van der Waals surface area contributed by atoms with Crippen molar-refractivity contribution < 1.29 is 17.9 Å². The van der Waals surface area contributed by atoms with E-state index in [0.29, 0.717) is 38.5 Å². The van der Waals surface area contributed by atoms with Crippen molar-refractivity contribution in [2.24, 2.45) is 0 Å². The maximum atomic E-state index is 14.0. The minimum Gasteiger partial charge on any atom is -0.494 e. The molecule has 8 heteroatoms. The lowest BCUT2D eigenvalue weighted by molar-refractivity contribution is -0.135. The van der Waals surface area contributed by atoms with Crippen LogP contribution < -0.4 is 9.46 Å². The topological polar surface area (TPSA) is 78.9 Å². The molecule has 0 aromatic heterocycles. The lowest BCUT2D eigenvalue weighted by atomic mass is 9.96. The van der Waals surface area contributed by atoms with Crippen molar-refractivity contribution in [3.8, 4) is 5.75 Å². The summed E-state index contributed by atoms with van der Waals surface area (Å²) in [6.45, 7) is 6.53. The Bertz CT molecular complexity index is 1550. The van der Waals surface area contributed by atoms with Crippen LogP contribution in [-0.2, 0) is 21.2 Å². The molecular formula is C35H39N3O4S. The van der Waals surface area contributed by atoms with Gasteiger partial charge in [0.25, 0.3) is 0 Å². The van der Waals surface area contributed by atoms with Gasteiger partial charge in [-0.1, -0.05) is 91.0 Å². The van der Waals surface area contributed by atoms with E-state index in [1.165, 1.54) is 17.2 Å². The van der Waals surface area contributed by atoms with Crippen LogP contribution in [-0.4, -0.2) is 63.0 Å². The Morgan fingerprint density at radius 1 is 0.814 bits per heavy atom. The van der Waals surface area contributed by atoms with E-state index in [-0.39, 0.29) is 23.3 Å². The van der Waals surface area contributed by atoms with E-state index >= 15 is 0 Å². The zero-order chi connectivity index (χ0) is 30.2. The number of carbonyl (C=O) groups excluding carboxylic acids is 1. The normalized spacial score (nSPS) is 14.9. The molecule has 1 unspecified atom stereocenters. The summed E-state index contributed by atoms with van der Waals surface area (Å²) in [7, 11) is -3.98. The second-order valence-electron chi connectivity index (χ2n) is 10.8. The number of sulfonamides is 1. The van der Waals surface area contributed by atoms with E-state index in [4.69, 9.17) is 4.74 Å². The molecule has 1 aliphatic rings. The van der Waals surface area contributed by atoms with Gasteiger partial charge in [-0.25, -0.2) is 8.42 Å². The van der Waals surface area contributed by atoms with Crippen LogP contribution in [0.25, 0.3) is 0 Å². The number of amides is 1. The Morgan fingerprint density at radius 2 is 1.37 bits per heavy atom. The molecule has 5 rings (SSSR count). The number of piperazine rings is 1. The minimum absolute atomic E-state index is 0.0705. The van der Waals surface area contributed by atoms with Crippen molar-refractivity contribution >= 4 is 15.9 Å². The highest BCUT2D eigenvalue weighted by Crippen LogP contribution is 2.30. The quantitative estimate of drug-likeness (QED) is 0.257. The molecule has 1 heterocycles. The molecular weight excluding hydrogens is 558 g/mol. The molecule has 0 aliphatic carbocycles. The molecule has 1 amide bonds. The molecule has 1 fully saturated rings. The first-order valence-corrected chi connectivity index (χ1v) is 16.3. The van der Waals surface area contributed by atoms with Gasteiger partial charge in [0.15, 0.2) is 0 Å². The lowest BCUT2D eigenvalue weighted by Crippen LogP contribution is -2.56. The number of rotatable bonds is 11. The molecule has 0 spiro atoms. The number of carbonyl (C=O) groups is 1. The van der Waals surface area contributed by atoms with Crippen LogP contribution in [0.1, 0.15) is 35.2 Å². The number of hydrogen-bond donors (Lipinski definition) is 1. The lowest BCUT2D eigenvalue weighted by Gasteiger charge is -2.40. The van der Waals surface area contributed by atoms with E-state index in [1.54, 1.807) is 17.0 Å². The average Bonchev–Trinajstić information content (AvgIpc) is 3.03. The summed E-state index contributed by atoms with van der Waals surface area (Å²) in [6.07, 6.45) is 0.256. The SMILES string of the molecule is CCOc1ccc(S(=O)(=O)NC(Cc2ccccc2)C(=O)N2CCN(C(c3ccccc3)c3ccccc3)CC2)cc1C. The third kappa shape index (κ3) is 7.51. The van der Waals surface area contributed by atoms with Crippen molar-refractivity contribution in [1.29, 1.82) is 0 Å². The van der Waals surface area contributed by atoms with Gasteiger partial charge in [-0.05, 0) is 60.7 Å². The number of aryl methyl sites for hydroxylation is 1. The molecule has 0 bridgehead atoms. The summed E-state index contributed by atoms with van der Waals surface area (Å²) < 4.78 is 35.5. The first kappa shape index (κ1) is 30.5. The Kier molecular flexibility index (Phi) is 9.92. The van der Waals surface area contributed by atoms with Crippen molar-refractivity contribution in [3.05, 3.63) is 131 Å². The van der Waals surface area contributed by atoms with Gasteiger partial charge in [-0.3, -0.25) is 9.69 Å². The number of ether oxygens (including phenoxy) is 1. The molecule has 4 aromatic rings. The number of nitrogens with one attached hydrogen (secondary N) is 1. The summed E-state index contributed by atoms with van der Waals surface area (Å²) in [5.41, 5.74) is 4.01. The Hall–Kier alpha value is -3.98. The molecule has 0 saturated carbocycles. The summed E-state index contributed by atoms with van der Waals surface area (Å²) in [4.78, 5) is 18.3. The highest BCUT2D eigenvalue weighted by atomic mass is 32.2. The predicted octanol–water partition coefficient (Wildman–Crippen LogP) is 5.22. The second-order valence-corrected chi connectivity index (χ2v) is 12.5. The fourth-order valence-corrected chi connectivity index (χ4v) is 6.97. The van der Waals surface area contributed by atoms with Crippen LogP contribution in [0.3, 0.4) is 0 Å². The number of nitrogens with zero attached hydrogens (tertiary/aromatic N) is 2. The van der Waals surface area contributed by atoms with Crippen LogP contribution in [0.2, 0.25) is 0 Å². The van der Waals surface area contributed by atoms with Crippen molar-refractivity contribution in [2.75, 3.05) is 32.8 Å². The van der Waals surface area contributed by atoms with Crippen LogP contribution in [0.15, 0.2) is 114 Å². The maximum absolute atomic E-state index is 14.0. The molecule has 1 saturated heterocycles. The maximum Gasteiger partial charge on any atom is 0.241 e. The Morgan fingerprint density at radius 3 is 1.91 bits per heavy atom. The first-order valence-electron chi connectivity index (χ1n) is 14.8. The summed E-state index contributed by atoms with van der Waals surface area (Å²) in [5, 5.41) is 0. The van der Waals surface area contributed by atoms with E-state index < -0.39 is 16.1 Å². The van der Waals surface area contributed by atoms with Crippen LogP contribution in [0.5, 0.6) is 5.75 Å². The monoisotopic (exact) mass is 597 g/mol. The summed E-state index contributed by atoms with van der Waals surface area (Å²) >= 11 is 0. The van der Waals surface area contributed by atoms with E-state index in [2.05, 4.69) is 58.2 Å². The molecule has 43 heavy (non-hydrogen) atoms. The zero-order valence-corrected chi connectivity index (χ0v) is 25.5. The fraction of sp³-hybridized carbons (Fsp3) is 0.286. The zero-order valence-electron chi connectivity index (χ0n) is 24.7.